The van der Waals surface area contributed by atoms with Crippen LogP contribution in [-0.2, 0) is 0 Å². The molecule has 0 aliphatic rings. The molecule has 0 aromatic carbocycles. The van der Waals surface area contributed by atoms with Crippen molar-refractivity contribution in [3.05, 3.63) is 0 Å². The number of alkyl halides is 3. The molecule has 0 aliphatic carbocycles. The van der Waals surface area contributed by atoms with E-state index in [1.54, 1.807) is 0 Å². The van der Waals surface area contributed by atoms with Gasteiger partial charge in [0.25, 0.3) is 0 Å². The fraction of sp³-hybridized carbons (Fsp3) is 1.00. The SMILES string of the molecule is CCNC(C)(C)CNCCCC(F)(F)F. The third kappa shape index (κ3) is 10.0. The molecule has 2 nitrogen and oxygen atoms in total. The first kappa shape index (κ1) is 14.7. The fourth-order valence-electron chi connectivity index (χ4n) is 1.36. The van der Waals surface area contributed by atoms with E-state index in [0.717, 1.165) is 6.54 Å². The number of halogens is 3. The summed E-state index contributed by atoms with van der Waals surface area (Å²) in [6, 6.07) is 0. The normalized spacial score (nSPS) is 13.2. The highest BCUT2D eigenvalue weighted by atomic mass is 19.4. The van der Waals surface area contributed by atoms with Crippen molar-refractivity contribution in [2.45, 2.75) is 45.3 Å². The molecule has 0 rings (SSSR count). The average molecular weight is 226 g/mol. The summed E-state index contributed by atoms with van der Waals surface area (Å²) in [6.45, 7) is 8.00. The van der Waals surface area contributed by atoms with Gasteiger partial charge in [-0.1, -0.05) is 6.92 Å². The molecule has 0 aromatic heterocycles. The van der Waals surface area contributed by atoms with Gasteiger partial charge in [0.05, 0.1) is 0 Å². The molecule has 0 spiro atoms. The summed E-state index contributed by atoms with van der Waals surface area (Å²) in [6.07, 6.45) is -4.59. The van der Waals surface area contributed by atoms with E-state index >= 15 is 0 Å². The van der Waals surface area contributed by atoms with E-state index in [9.17, 15) is 13.2 Å². The maximum absolute atomic E-state index is 11.8. The summed E-state index contributed by atoms with van der Waals surface area (Å²) in [7, 11) is 0. The molecule has 0 amide bonds. The average Bonchev–Trinajstić information content (AvgIpc) is 2.00. The second kappa shape index (κ2) is 6.33. The number of hydrogen-bond donors (Lipinski definition) is 2. The maximum atomic E-state index is 11.8. The standard InChI is InChI=1S/C10H21F3N2/c1-4-15-9(2,3)8-14-7-5-6-10(11,12)13/h14-15H,4-8H2,1-3H3. The number of rotatable bonds is 7. The van der Waals surface area contributed by atoms with Crippen LogP contribution in [0.5, 0.6) is 0 Å². The molecule has 15 heavy (non-hydrogen) atoms. The number of likely N-dealkylation sites (N-methyl/N-ethyl adjacent to an activating group) is 1. The molecule has 0 bridgehead atoms. The summed E-state index contributed by atoms with van der Waals surface area (Å²) < 4.78 is 35.4. The van der Waals surface area contributed by atoms with E-state index in [4.69, 9.17) is 0 Å². The summed E-state index contributed by atoms with van der Waals surface area (Å²) in [5.41, 5.74) is -0.0625. The third-order valence-electron chi connectivity index (χ3n) is 2.04. The van der Waals surface area contributed by atoms with Gasteiger partial charge in [-0.3, -0.25) is 0 Å². The van der Waals surface area contributed by atoms with E-state index < -0.39 is 12.6 Å². The van der Waals surface area contributed by atoms with Gasteiger partial charge >= 0.3 is 6.18 Å². The van der Waals surface area contributed by atoms with Crippen molar-refractivity contribution < 1.29 is 13.2 Å². The van der Waals surface area contributed by atoms with Gasteiger partial charge in [0.15, 0.2) is 0 Å². The van der Waals surface area contributed by atoms with Crippen molar-refractivity contribution in [1.82, 2.24) is 10.6 Å². The van der Waals surface area contributed by atoms with Gasteiger partial charge in [0.1, 0.15) is 0 Å². The van der Waals surface area contributed by atoms with Crippen LogP contribution in [0.1, 0.15) is 33.6 Å². The Bertz CT molecular complexity index is 167. The van der Waals surface area contributed by atoms with E-state index in [2.05, 4.69) is 10.6 Å². The summed E-state index contributed by atoms with van der Waals surface area (Å²) in [5, 5.41) is 6.26. The molecule has 0 unspecified atom stereocenters. The lowest BCUT2D eigenvalue weighted by Gasteiger charge is -2.26. The predicted octanol–water partition coefficient (Wildman–Crippen LogP) is 2.31. The van der Waals surface area contributed by atoms with Crippen LogP contribution in [0.4, 0.5) is 13.2 Å². The highest BCUT2D eigenvalue weighted by molar-refractivity contribution is 4.79. The van der Waals surface area contributed by atoms with Crippen LogP contribution in [0.15, 0.2) is 0 Å². The van der Waals surface area contributed by atoms with Crippen LogP contribution < -0.4 is 10.6 Å². The Morgan fingerprint density at radius 3 is 2.20 bits per heavy atom. The van der Waals surface area contributed by atoms with Crippen LogP contribution >= 0.6 is 0 Å². The molecule has 0 saturated carbocycles. The molecule has 92 valence electrons. The molecular formula is C10H21F3N2. The van der Waals surface area contributed by atoms with Crippen molar-refractivity contribution >= 4 is 0 Å². The van der Waals surface area contributed by atoms with Crippen LogP contribution in [-0.4, -0.2) is 31.3 Å². The Morgan fingerprint density at radius 1 is 1.13 bits per heavy atom. The number of hydrogen-bond acceptors (Lipinski definition) is 2. The Kier molecular flexibility index (Phi) is 6.20. The Balaban J connectivity index is 3.46. The summed E-state index contributed by atoms with van der Waals surface area (Å²) in [5.74, 6) is 0. The molecule has 0 aliphatic heterocycles. The molecular weight excluding hydrogens is 205 g/mol. The minimum Gasteiger partial charge on any atom is -0.315 e. The van der Waals surface area contributed by atoms with E-state index in [1.165, 1.54) is 0 Å². The lowest BCUT2D eigenvalue weighted by atomic mass is 10.1. The summed E-state index contributed by atoms with van der Waals surface area (Å²) in [4.78, 5) is 0. The Morgan fingerprint density at radius 2 is 1.73 bits per heavy atom. The molecule has 0 saturated heterocycles. The van der Waals surface area contributed by atoms with Gasteiger partial charge in [-0.25, -0.2) is 0 Å². The van der Waals surface area contributed by atoms with Crippen LogP contribution in [0.2, 0.25) is 0 Å². The van der Waals surface area contributed by atoms with Gasteiger partial charge in [0, 0.05) is 18.5 Å². The zero-order chi connectivity index (χ0) is 11.9. The fourth-order valence-corrected chi connectivity index (χ4v) is 1.36. The predicted molar refractivity (Wildman–Crippen MR) is 55.9 cm³/mol. The zero-order valence-electron chi connectivity index (χ0n) is 9.67. The zero-order valence-corrected chi connectivity index (χ0v) is 9.67. The van der Waals surface area contributed by atoms with Gasteiger partial charge in [-0.15, -0.1) is 0 Å². The monoisotopic (exact) mass is 226 g/mol. The van der Waals surface area contributed by atoms with Crippen LogP contribution in [0.3, 0.4) is 0 Å². The first-order valence-electron chi connectivity index (χ1n) is 5.29. The van der Waals surface area contributed by atoms with Crippen molar-refractivity contribution in [3.63, 3.8) is 0 Å². The van der Waals surface area contributed by atoms with E-state index in [-0.39, 0.29) is 12.0 Å². The lowest BCUT2D eigenvalue weighted by Crippen LogP contribution is -2.47. The van der Waals surface area contributed by atoms with Crippen molar-refractivity contribution in [2.24, 2.45) is 0 Å². The lowest BCUT2D eigenvalue weighted by molar-refractivity contribution is -0.135. The molecule has 0 aromatic rings. The molecule has 0 fully saturated rings. The first-order valence-corrected chi connectivity index (χ1v) is 5.29. The number of nitrogens with one attached hydrogen (secondary N) is 2. The third-order valence-corrected chi connectivity index (χ3v) is 2.04. The summed E-state index contributed by atoms with van der Waals surface area (Å²) >= 11 is 0. The first-order chi connectivity index (χ1) is 6.77. The molecule has 0 heterocycles. The van der Waals surface area contributed by atoms with Gasteiger partial charge in [-0.2, -0.15) is 13.2 Å². The van der Waals surface area contributed by atoms with Crippen molar-refractivity contribution in [3.8, 4) is 0 Å². The Labute approximate surface area is 89.6 Å². The Hall–Kier alpha value is -0.290. The molecule has 5 heteroatoms. The van der Waals surface area contributed by atoms with E-state index in [1.807, 2.05) is 20.8 Å². The molecule has 0 atom stereocenters. The van der Waals surface area contributed by atoms with Gasteiger partial charge < -0.3 is 10.6 Å². The minimum absolute atomic E-state index is 0.0625. The van der Waals surface area contributed by atoms with Crippen molar-refractivity contribution in [2.75, 3.05) is 19.6 Å². The van der Waals surface area contributed by atoms with Gasteiger partial charge in [0.2, 0.25) is 0 Å². The quantitative estimate of drug-likeness (QED) is 0.651. The highest BCUT2D eigenvalue weighted by Crippen LogP contribution is 2.20. The van der Waals surface area contributed by atoms with E-state index in [0.29, 0.717) is 13.1 Å². The smallest absolute Gasteiger partial charge is 0.315 e. The molecule has 0 radical (unpaired) electrons. The highest BCUT2D eigenvalue weighted by Gasteiger charge is 2.26. The van der Waals surface area contributed by atoms with Crippen LogP contribution in [0, 0.1) is 0 Å². The molecule has 2 N–H and O–H groups in total. The minimum atomic E-state index is -4.03. The van der Waals surface area contributed by atoms with Crippen molar-refractivity contribution in [1.29, 1.82) is 0 Å². The second-order valence-corrected chi connectivity index (χ2v) is 4.31. The topological polar surface area (TPSA) is 24.1 Å². The maximum Gasteiger partial charge on any atom is 0.389 e. The van der Waals surface area contributed by atoms with Gasteiger partial charge in [-0.05, 0) is 33.4 Å². The van der Waals surface area contributed by atoms with Crippen LogP contribution in [0.25, 0.3) is 0 Å². The largest absolute Gasteiger partial charge is 0.389 e. The second-order valence-electron chi connectivity index (χ2n) is 4.31.